The topological polar surface area (TPSA) is 168 Å². The second kappa shape index (κ2) is 19.8. The van der Waals surface area contributed by atoms with Gasteiger partial charge in [-0.05, 0) is 106 Å². The molecular formula is C46H53FN6O8. The first kappa shape index (κ1) is 44.2. The molecule has 0 saturated carbocycles. The molecule has 5 amide bonds. The van der Waals surface area contributed by atoms with Crippen LogP contribution in [0.5, 0.6) is 0 Å². The van der Waals surface area contributed by atoms with Gasteiger partial charge in [0.05, 0.1) is 5.69 Å². The number of fused-ring (bicyclic) bond motifs is 1. The van der Waals surface area contributed by atoms with E-state index in [9.17, 15) is 24.0 Å². The summed E-state index contributed by atoms with van der Waals surface area (Å²) in [5, 5.41) is 11.3. The van der Waals surface area contributed by atoms with Crippen molar-refractivity contribution in [2.24, 2.45) is 5.92 Å². The first-order chi connectivity index (χ1) is 29.1. The SMILES string of the molecule is C[C@@H](C(=O)N[C@H](CN1Cc2ccccc2[C@H]1C(=O)Nc1cc(C(=O)Nc2ccc(NC(=O)OCc3ccccc3)cc2)ccc1F)C1CCOCC1)N(C)C(=O)OC(C)(C)C. The van der Waals surface area contributed by atoms with Gasteiger partial charge in [-0.2, -0.15) is 0 Å². The van der Waals surface area contributed by atoms with Crippen molar-refractivity contribution in [3.8, 4) is 0 Å². The molecule has 15 heteroatoms. The zero-order valence-electron chi connectivity index (χ0n) is 35.0. The fourth-order valence-electron chi connectivity index (χ4n) is 7.26. The minimum absolute atomic E-state index is 0.0192. The van der Waals surface area contributed by atoms with Crippen molar-refractivity contribution in [1.82, 2.24) is 15.1 Å². The molecule has 4 N–H and O–H groups in total. The summed E-state index contributed by atoms with van der Waals surface area (Å²) in [6.45, 7) is 8.72. The van der Waals surface area contributed by atoms with Crippen LogP contribution in [0.2, 0.25) is 0 Å². The Labute approximate surface area is 355 Å². The van der Waals surface area contributed by atoms with Crippen LogP contribution in [0.3, 0.4) is 0 Å². The smallest absolute Gasteiger partial charge is 0.411 e. The van der Waals surface area contributed by atoms with Crippen molar-refractivity contribution >= 4 is 47.0 Å². The molecule has 0 radical (unpaired) electrons. The van der Waals surface area contributed by atoms with Crippen LogP contribution in [0.4, 0.5) is 31.0 Å². The first-order valence-electron chi connectivity index (χ1n) is 20.3. The van der Waals surface area contributed by atoms with Gasteiger partial charge in [-0.15, -0.1) is 0 Å². The summed E-state index contributed by atoms with van der Waals surface area (Å²) in [5.74, 6) is -2.14. The molecule has 4 aromatic rings. The summed E-state index contributed by atoms with van der Waals surface area (Å²) in [5.41, 5.74) is 2.55. The van der Waals surface area contributed by atoms with E-state index in [0.29, 0.717) is 44.0 Å². The van der Waals surface area contributed by atoms with Crippen LogP contribution < -0.4 is 21.3 Å². The van der Waals surface area contributed by atoms with Crippen molar-refractivity contribution in [3.05, 3.63) is 125 Å². The Bertz CT molecular complexity index is 2190. The number of likely N-dealkylation sites (N-methyl/N-ethyl adjacent to an activating group) is 1. The number of hydrogen-bond donors (Lipinski definition) is 4. The van der Waals surface area contributed by atoms with Crippen LogP contribution in [0, 0.1) is 11.7 Å². The quantitative estimate of drug-likeness (QED) is 0.107. The number of halogens is 1. The van der Waals surface area contributed by atoms with Crippen molar-refractivity contribution in [2.75, 3.05) is 42.8 Å². The maximum atomic E-state index is 15.4. The molecule has 2 aliphatic rings. The molecular weight excluding hydrogens is 784 g/mol. The van der Waals surface area contributed by atoms with Crippen LogP contribution in [0.15, 0.2) is 97.1 Å². The van der Waals surface area contributed by atoms with Gasteiger partial charge >= 0.3 is 12.2 Å². The van der Waals surface area contributed by atoms with E-state index in [4.69, 9.17) is 14.2 Å². The summed E-state index contributed by atoms with van der Waals surface area (Å²) in [4.78, 5) is 69.7. The Balaban J connectivity index is 1.12. The number of nitrogens with one attached hydrogen (secondary N) is 4. The predicted octanol–water partition coefficient (Wildman–Crippen LogP) is 7.49. The van der Waals surface area contributed by atoms with E-state index in [1.165, 1.54) is 24.1 Å². The van der Waals surface area contributed by atoms with Gasteiger partial charge in [-0.25, -0.2) is 14.0 Å². The predicted molar refractivity (Wildman–Crippen MR) is 228 cm³/mol. The highest BCUT2D eigenvalue weighted by atomic mass is 19.1. The van der Waals surface area contributed by atoms with Crippen molar-refractivity contribution in [1.29, 1.82) is 0 Å². The van der Waals surface area contributed by atoms with Crippen LogP contribution in [0.1, 0.15) is 73.6 Å². The molecule has 2 aliphatic heterocycles. The van der Waals surface area contributed by atoms with Gasteiger partial charge in [0, 0.05) is 56.3 Å². The zero-order valence-corrected chi connectivity index (χ0v) is 35.0. The van der Waals surface area contributed by atoms with Gasteiger partial charge in [0.25, 0.3) is 5.91 Å². The van der Waals surface area contributed by atoms with E-state index in [0.717, 1.165) is 22.8 Å². The Morgan fingerprint density at radius 1 is 0.869 bits per heavy atom. The summed E-state index contributed by atoms with van der Waals surface area (Å²) in [6.07, 6.45) is 0.111. The molecule has 6 rings (SSSR count). The molecule has 1 saturated heterocycles. The minimum atomic E-state index is -0.850. The maximum absolute atomic E-state index is 15.4. The van der Waals surface area contributed by atoms with Crippen LogP contribution in [-0.2, 0) is 37.0 Å². The van der Waals surface area contributed by atoms with E-state index in [1.54, 1.807) is 52.0 Å². The molecule has 0 aromatic heterocycles. The lowest BCUT2D eigenvalue weighted by Gasteiger charge is -2.36. The van der Waals surface area contributed by atoms with Crippen molar-refractivity contribution in [3.63, 3.8) is 0 Å². The van der Waals surface area contributed by atoms with Crippen LogP contribution in [0.25, 0.3) is 0 Å². The highest BCUT2D eigenvalue weighted by Crippen LogP contribution is 2.36. The number of rotatable bonds is 13. The average molecular weight is 837 g/mol. The first-order valence-corrected chi connectivity index (χ1v) is 20.3. The van der Waals surface area contributed by atoms with Crippen LogP contribution in [-0.4, -0.2) is 84.2 Å². The lowest BCUT2D eigenvalue weighted by atomic mass is 9.90. The van der Waals surface area contributed by atoms with Gasteiger partial charge in [0.15, 0.2) is 0 Å². The van der Waals surface area contributed by atoms with E-state index < -0.39 is 53.5 Å². The number of carbonyl (C=O) groups excluding carboxylic acids is 5. The molecule has 4 aromatic carbocycles. The van der Waals surface area contributed by atoms with E-state index in [2.05, 4.69) is 21.3 Å². The number of carbonyl (C=O) groups is 5. The highest BCUT2D eigenvalue weighted by Gasteiger charge is 2.39. The molecule has 14 nitrogen and oxygen atoms in total. The third kappa shape index (κ3) is 11.9. The minimum Gasteiger partial charge on any atom is -0.444 e. The fourth-order valence-corrected chi connectivity index (χ4v) is 7.26. The lowest BCUT2D eigenvalue weighted by molar-refractivity contribution is -0.127. The van der Waals surface area contributed by atoms with Crippen LogP contribution >= 0.6 is 0 Å². The summed E-state index contributed by atoms with van der Waals surface area (Å²) in [6, 6.07) is 24.8. The van der Waals surface area contributed by atoms with E-state index in [1.807, 2.05) is 59.5 Å². The molecule has 61 heavy (non-hydrogen) atoms. The summed E-state index contributed by atoms with van der Waals surface area (Å²) in [7, 11) is 1.52. The van der Waals surface area contributed by atoms with E-state index >= 15 is 4.39 Å². The van der Waals surface area contributed by atoms with Gasteiger partial charge in [0.1, 0.15) is 30.1 Å². The Morgan fingerprint density at radius 3 is 2.21 bits per heavy atom. The van der Waals surface area contributed by atoms with E-state index in [-0.39, 0.29) is 36.2 Å². The Morgan fingerprint density at radius 2 is 1.52 bits per heavy atom. The lowest BCUT2D eigenvalue weighted by Crippen LogP contribution is -2.55. The van der Waals surface area contributed by atoms with Crippen molar-refractivity contribution < 1.29 is 42.6 Å². The molecule has 0 bridgehead atoms. The molecule has 0 unspecified atom stereocenters. The molecule has 0 spiro atoms. The Hall–Kier alpha value is -6.32. The third-order valence-electron chi connectivity index (χ3n) is 10.7. The largest absolute Gasteiger partial charge is 0.444 e. The van der Waals surface area contributed by atoms with Gasteiger partial charge in [-0.3, -0.25) is 29.5 Å². The molecule has 2 heterocycles. The number of nitrogens with zero attached hydrogens (tertiary/aromatic N) is 2. The molecule has 1 fully saturated rings. The Kier molecular flexibility index (Phi) is 14.4. The molecule has 0 aliphatic carbocycles. The summed E-state index contributed by atoms with van der Waals surface area (Å²) >= 11 is 0. The fraction of sp³-hybridized carbons (Fsp3) is 0.370. The highest BCUT2D eigenvalue weighted by molar-refractivity contribution is 6.06. The van der Waals surface area contributed by atoms with Gasteiger partial charge in [0.2, 0.25) is 11.8 Å². The average Bonchev–Trinajstić information content (AvgIpc) is 3.61. The standard InChI is InChI=1S/C46H53FN6O8/c1-29(52(5)45(58)61-46(2,3)4)41(54)51-39(31-21-23-59-24-22-31)27-53-26-33-13-9-10-14-36(33)40(53)43(56)50-38-25-32(15-20-37(38)47)42(55)48-34-16-18-35(19-17-34)49-44(57)60-28-30-11-7-6-8-12-30/h6-20,25,29,31,39-40H,21-24,26-28H2,1-5H3,(H,48,55)(H,49,57)(H,50,56)(H,51,54)/t29-,39+,40-/m0/s1. The number of amides is 5. The maximum Gasteiger partial charge on any atom is 0.411 e. The zero-order chi connectivity index (χ0) is 43.7. The number of ether oxygens (including phenoxy) is 3. The number of anilines is 3. The van der Waals surface area contributed by atoms with Crippen molar-refractivity contribution in [2.45, 2.75) is 77.4 Å². The molecule has 3 atom stereocenters. The van der Waals surface area contributed by atoms with Gasteiger partial charge < -0.3 is 30.2 Å². The molecule has 322 valence electrons. The second-order valence-electron chi connectivity index (χ2n) is 16.3. The monoisotopic (exact) mass is 836 g/mol. The normalized spacial score (nSPS) is 16.3. The third-order valence-corrected chi connectivity index (χ3v) is 10.7. The van der Waals surface area contributed by atoms with Gasteiger partial charge in [-0.1, -0.05) is 54.6 Å². The number of hydrogen-bond acceptors (Lipinski definition) is 9. The number of benzene rings is 4. The second-order valence-corrected chi connectivity index (χ2v) is 16.3. The summed E-state index contributed by atoms with van der Waals surface area (Å²) < 4.78 is 31.8.